The van der Waals surface area contributed by atoms with Gasteiger partial charge in [0.1, 0.15) is 6.61 Å². The van der Waals surface area contributed by atoms with Crippen LogP contribution in [0.2, 0.25) is 5.02 Å². The molecule has 96 valence electrons. The number of nitrogen functional groups attached to an aromatic ring is 1. The van der Waals surface area contributed by atoms with Gasteiger partial charge in [0.15, 0.2) is 5.75 Å². The summed E-state index contributed by atoms with van der Waals surface area (Å²) in [6, 6.07) is 7.32. The number of nitrogens with zero attached hydrogens (tertiary/aromatic N) is 2. The van der Waals surface area contributed by atoms with Crippen LogP contribution in [0.1, 0.15) is 18.3 Å². The Bertz CT molecular complexity index is 531. The van der Waals surface area contributed by atoms with Crippen LogP contribution in [0.25, 0.3) is 0 Å². The lowest BCUT2D eigenvalue weighted by Gasteiger charge is -2.11. The van der Waals surface area contributed by atoms with Gasteiger partial charge < -0.3 is 10.5 Å². The molecule has 0 atom stereocenters. The van der Waals surface area contributed by atoms with Gasteiger partial charge in [0.25, 0.3) is 0 Å². The molecule has 0 saturated carbocycles. The number of nitrogens with two attached hydrogens (primary N) is 1. The molecule has 0 fully saturated rings. The Morgan fingerprint density at radius 1 is 1.44 bits per heavy atom. The molecule has 0 aliphatic heterocycles. The summed E-state index contributed by atoms with van der Waals surface area (Å²) in [4.78, 5) is 0. The van der Waals surface area contributed by atoms with Crippen molar-refractivity contribution in [1.29, 1.82) is 0 Å². The van der Waals surface area contributed by atoms with Crippen molar-refractivity contribution >= 4 is 17.3 Å². The van der Waals surface area contributed by atoms with Gasteiger partial charge in [0.05, 0.1) is 22.1 Å². The average molecular weight is 266 g/mol. The first-order valence-corrected chi connectivity index (χ1v) is 6.19. The van der Waals surface area contributed by atoms with Crippen molar-refractivity contribution in [3.63, 3.8) is 0 Å². The van der Waals surface area contributed by atoms with Crippen molar-refractivity contribution in [2.24, 2.45) is 0 Å². The van der Waals surface area contributed by atoms with Crippen LogP contribution < -0.4 is 10.5 Å². The second kappa shape index (κ2) is 5.31. The minimum absolute atomic E-state index is 0.405. The molecule has 0 aliphatic rings. The van der Waals surface area contributed by atoms with Gasteiger partial charge in [-0.1, -0.05) is 17.7 Å². The maximum Gasteiger partial charge on any atom is 0.161 e. The van der Waals surface area contributed by atoms with Crippen LogP contribution in [0.15, 0.2) is 24.3 Å². The van der Waals surface area contributed by atoms with E-state index in [2.05, 4.69) is 5.10 Å². The third-order valence-electron chi connectivity index (χ3n) is 2.65. The Kier molecular flexibility index (Phi) is 3.77. The van der Waals surface area contributed by atoms with E-state index in [1.165, 1.54) is 0 Å². The topological polar surface area (TPSA) is 53.1 Å². The number of hydrogen-bond donors (Lipinski definition) is 1. The van der Waals surface area contributed by atoms with Crippen molar-refractivity contribution < 1.29 is 4.74 Å². The van der Waals surface area contributed by atoms with Gasteiger partial charge in [-0.05, 0) is 32.0 Å². The van der Waals surface area contributed by atoms with Crippen LogP contribution in [0.3, 0.4) is 0 Å². The van der Waals surface area contributed by atoms with E-state index in [1.807, 2.05) is 24.6 Å². The summed E-state index contributed by atoms with van der Waals surface area (Å²) in [6.07, 6.45) is 0. The number of aryl methyl sites for hydroxylation is 2. The van der Waals surface area contributed by atoms with E-state index in [0.29, 0.717) is 23.1 Å². The highest BCUT2D eigenvalue weighted by atomic mass is 35.5. The molecular formula is C13H16ClN3O. The monoisotopic (exact) mass is 265 g/mol. The molecule has 4 nitrogen and oxygen atoms in total. The molecule has 2 N–H and O–H groups in total. The van der Waals surface area contributed by atoms with Crippen LogP contribution in [0, 0.1) is 6.92 Å². The molecule has 0 spiro atoms. The number of hydrogen-bond acceptors (Lipinski definition) is 3. The molecular weight excluding hydrogens is 250 g/mol. The molecule has 1 aromatic carbocycles. The number of halogens is 1. The van der Waals surface area contributed by atoms with E-state index in [4.69, 9.17) is 22.1 Å². The maximum absolute atomic E-state index is 6.05. The molecule has 0 amide bonds. The highest BCUT2D eigenvalue weighted by Gasteiger charge is 2.09. The normalized spacial score (nSPS) is 10.6. The Morgan fingerprint density at radius 3 is 2.89 bits per heavy atom. The predicted molar refractivity (Wildman–Crippen MR) is 72.8 cm³/mol. The van der Waals surface area contributed by atoms with Crippen LogP contribution in [0.5, 0.6) is 5.75 Å². The molecule has 0 radical (unpaired) electrons. The number of ether oxygens (including phenoxy) is 1. The molecule has 0 bridgehead atoms. The van der Waals surface area contributed by atoms with Gasteiger partial charge in [0, 0.05) is 6.54 Å². The van der Waals surface area contributed by atoms with Crippen molar-refractivity contribution in [3.8, 4) is 5.75 Å². The molecule has 0 unspecified atom stereocenters. The summed E-state index contributed by atoms with van der Waals surface area (Å²) in [6.45, 7) is 5.21. The van der Waals surface area contributed by atoms with Crippen LogP contribution >= 0.6 is 11.6 Å². The first-order valence-electron chi connectivity index (χ1n) is 5.82. The van der Waals surface area contributed by atoms with Gasteiger partial charge in [-0.3, -0.25) is 4.68 Å². The second-order valence-corrected chi connectivity index (χ2v) is 4.45. The zero-order valence-electron chi connectivity index (χ0n) is 10.5. The summed E-state index contributed by atoms with van der Waals surface area (Å²) in [7, 11) is 0. The van der Waals surface area contributed by atoms with Gasteiger partial charge in [0.2, 0.25) is 0 Å². The zero-order valence-corrected chi connectivity index (χ0v) is 11.2. The zero-order chi connectivity index (χ0) is 13.1. The van der Waals surface area contributed by atoms with Crippen molar-refractivity contribution in [1.82, 2.24) is 9.78 Å². The minimum Gasteiger partial charge on any atom is -0.484 e. The third kappa shape index (κ3) is 2.59. The number of para-hydroxylation sites is 1. The standard InChI is InChI=1S/C13H16ClN3O/c1-3-17-10(7-9(2)16-17)8-18-13-11(14)5-4-6-12(13)15/h4-7H,3,8,15H2,1-2H3. The molecule has 5 heteroatoms. The number of anilines is 1. The molecule has 2 aromatic rings. The van der Waals surface area contributed by atoms with E-state index >= 15 is 0 Å². The van der Waals surface area contributed by atoms with Crippen molar-refractivity contribution in [3.05, 3.63) is 40.7 Å². The Morgan fingerprint density at radius 2 is 2.22 bits per heavy atom. The van der Waals surface area contributed by atoms with Crippen LogP contribution in [-0.2, 0) is 13.2 Å². The summed E-state index contributed by atoms with van der Waals surface area (Å²) in [5.74, 6) is 0.528. The summed E-state index contributed by atoms with van der Waals surface area (Å²) in [5, 5.41) is 4.88. The number of aromatic nitrogens is 2. The van der Waals surface area contributed by atoms with Crippen LogP contribution in [-0.4, -0.2) is 9.78 Å². The smallest absolute Gasteiger partial charge is 0.161 e. The van der Waals surface area contributed by atoms with Gasteiger partial charge in [-0.15, -0.1) is 0 Å². The van der Waals surface area contributed by atoms with Crippen LogP contribution in [0.4, 0.5) is 5.69 Å². The van der Waals surface area contributed by atoms with E-state index in [-0.39, 0.29) is 0 Å². The first-order chi connectivity index (χ1) is 8.61. The Balaban J connectivity index is 2.16. The van der Waals surface area contributed by atoms with Crippen molar-refractivity contribution in [2.75, 3.05) is 5.73 Å². The fourth-order valence-corrected chi connectivity index (χ4v) is 2.05. The maximum atomic E-state index is 6.05. The van der Waals surface area contributed by atoms with Gasteiger partial charge in [-0.25, -0.2) is 0 Å². The predicted octanol–water partition coefficient (Wildman–Crippen LogP) is 3.03. The lowest BCUT2D eigenvalue weighted by Crippen LogP contribution is -2.07. The largest absolute Gasteiger partial charge is 0.484 e. The average Bonchev–Trinajstić information content (AvgIpc) is 2.69. The SMILES string of the molecule is CCn1nc(C)cc1COc1c(N)cccc1Cl. The third-order valence-corrected chi connectivity index (χ3v) is 2.94. The molecule has 0 saturated heterocycles. The minimum atomic E-state index is 0.405. The fraction of sp³-hybridized carbons (Fsp3) is 0.308. The highest BCUT2D eigenvalue weighted by Crippen LogP contribution is 2.31. The number of benzene rings is 1. The molecule has 0 aliphatic carbocycles. The molecule has 1 aromatic heterocycles. The lowest BCUT2D eigenvalue weighted by atomic mass is 10.3. The van der Waals surface area contributed by atoms with Gasteiger partial charge >= 0.3 is 0 Å². The van der Waals surface area contributed by atoms with Gasteiger partial charge in [-0.2, -0.15) is 5.10 Å². The van der Waals surface area contributed by atoms with E-state index in [9.17, 15) is 0 Å². The fourth-order valence-electron chi connectivity index (χ4n) is 1.81. The molecule has 18 heavy (non-hydrogen) atoms. The summed E-state index contributed by atoms with van der Waals surface area (Å²) < 4.78 is 7.60. The summed E-state index contributed by atoms with van der Waals surface area (Å²) >= 11 is 6.05. The quantitative estimate of drug-likeness (QED) is 0.865. The summed E-state index contributed by atoms with van der Waals surface area (Å²) in [5.41, 5.74) is 8.36. The molecule has 2 rings (SSSR count). The van der Waals surface area contributed by atoms with E-state index < -0.39 is 0 Å². The Labute approximate surface area is 111 Å². The Hall–Kier alpha value is -1.68. The second-order valence-electron chi connectivity index (χ2n) is 4.04. The van der Waals surface area contributed by atoms with Crippen molar-refractivity contribution in [2.45, 2.75) is 27.0 Å². The molecule has 1 heterocycles. The van der Waals surface area contributed by atoms with E-state index in [0.717, 1.165) is 17.9 Å². The highest BCUT2D eigenvalue weighted by molar-refractivity contribution is 6.32. The van der Waals surface area contributed by atoms with E-state index in [1.54, 1.807) is 18.2 Å². The number of rotatable bonds is 4. The first kappa shape index (κ1) is 12.8. The lowest BCUT2D eigenvalue weighted by molar-refractivity contribution is 0.294.